The van der Waals surface area contributed by atoms with Crippen LogP contribution in [-0.2, 0) is 29.1 Å². The van der Waals surface area contributed by atoms with E-state index < -0.39 is 28.5 Å². The molecule has 1 heterocycles. The van der Waals surface area contributed by atoms with E-state index in [1.807, 2.05) is 30.3 Å². The predicted molar refractivity (Wildman–Crippen MR) is 116 cm³/mol. The number of sulfonamides is 1. The highest BCUT2D eigenvalue weighted by Gasteiger charge is 2.27. The molecule has 164 valence electrons. The van der Waals surface area contributed by atoms with Crippen LogP contribution < -0.4 is 5.32 Å². The third-order valence-corrected chi connectivity index (χ3v) is 6.60. The van der Waals surface area contributed by atoms with Crippen molar-refractivity contribution in [1.29, 1.82) is 0 Å². The minimum atomic E-state index is -3.75. The van der Waals surface area contributed by atoms with Crippen LogP contribution in [0.25, 0.3) is 6.08 Å². The number of benzene rings is 2. The highest BCUT2D eigenvalue weighted by Crippen LogP contribution is 2.27. The highest BCUT2D eigenvalue weighted by molar-refractivity contribution is 7.89. The summed E-state index contributed by atoms with van der Waals surface area (Å²) in [5, 5.41) is 2.63. The first-order valence-corrected chi connectivity index (χ1v) is 11.3. The molecule has 1 amide bonds. The van der Waals surface area contributed by atoms with Crippen LogP contribution in [0.3, 0.4) is 0 Å². The third-order valence-electron chi connectivity index (χ3n) is 4.38. The number of halogens is 1. The van der Waals surface area contributed by atoms with Crippen molar-refractivity contribution in [2.45, 2.75) is 4.90 Å². The molecule has 1 aliphatic rings. The fourth-order valence-electron chi connectivity index (χ4n) is 2.80. The van der Waals surface area contributed by atoms with Gasteiger partial charge in [0.2, 0.25) is 10.0 Å². The van der Waals surface area contributed by atoms with Gasteiger partial charge in [-0.15, -0.1) is 0 Å². The minimum Gasteiger partial charge on any atom is -0.452 e. The van der Waals surface area contributed by atoms with Gasteiger partial charge in [0.05, 0.1) is 28.8 Å². The molecular formula is C21H21ClN2O6S. The summed E-state index contributed by atoms with van der Waals surface area (Å²) in [6.07, 6.45) is 2.78. The van der Waals surface area contributed by atoms with E-state index in [2.05, 4.69) is 5.32 Å². The number of hydrogen-bond acceptors (Lipinski definition) is 6. The first-order chi connectivity index (χ1) is 14.9. The van der Waals surface area contributed by atoms with Crippen LogP contribution in [0, 0.1) is 0 Å². The molecule has 1 N–H and O–H groups in total. The summed E-state index contributed by atoms with van der Waals surface area (Å²) in [6.45, 7) is 0.591. The summed E-state index contributed by atoms with van der Waals surface area (Å²) in [4.78, 5) is 23.9. The zero-order valence-electron chi connectivity index (χ0n) is 16.5. The fourth-order valence-corrected chi connectivity index (χ4v) is 4.40. The molecule has 0 saturated carbocycles. The Morgan fingerprint density at radius 2 is 1.84 bits per heavy atom. The van der Waals surface area contributed by atoms with E-state index in [1.54, 1.807) is 6.08 Å². The number of esters is 1. The third kappa shape index (κ3) is 6.38. The minimum absolute atomic E-state index is 0.00288. The number of anilines is 1. The normalized spacial score (nSPS) is 15.0. The molecule has 0 spiro atoms. The Bertz CT molecular complexity index is 1070. The number of rotatable bonds is 7. The Balaban J connectivity index is 1.60. The van der Waals surface area contributed by atoms with Crippen LogP contribution in [0.1, 0.15) is 5.56 Å². The van der Waals surface area contributed by atoms with E-state index in [0.29, 0.717) is 13.2 Å². The molecular weight excluding hydrogens is 444 g/mol. The second-order valence-electron chi connectivity index (χ2n) is 6.56. The molecule has 1 saturated heterocycles. The summed E-state index contributed by atoms with van der Waals surface area (Å²) in [7, 11) is -3.75. The summed E-state index contributed by atoms with van der Waals surface area (Å²) in [5.41, 5.74) is 0.922. The molecule has 0 aliphatic carbocycles. The van der Waals surface area contributed by atoms with E-state index in [1.165, 1.54) is 28.6 Å². The second kappa shape index (κ2) is 10.5. The number of ether oxygens (including phenoxy) is 2. The first-order valence-electron chi connectivity index (χ1n) is 9.43. The van der Waals surface area contributed by atoms with E-state index in [-0.39, 0.29) is 28.7 Å². The molecule has 1 aliphatic heterocycles. The molecule has 0 unspecified atom stereocenters. The van der Waals surface area contributed by atoms with Crippen molar-refractivity contribution in [3.05, 3.63) is 65.2 Å². The summed E-state index contributed by atoms with van der Waals surface area (Å²) in [6, 6.07) is 13.2. The first kappa shape index (κ1) is 23.0. The number of amides is 1. The van der Waals surface area contributed by atoms with Crippen molar-refractivity contribution >= 4 is 45.3 Å². The number of hydrogen-bond donors (Lipinski definition) is 1. The van der Waals surface area contributed by atoms with Gasteiger partial charge in [0.15, 0.2) is 6.61 Å². The van der Waals surface area contributed by atoms with Gasteiger partial charge in [-0.3, -0.25) is 4.79 Å². The maximum Gasteiger partial charge on any atom is 0.331 e. The van der Waals surface area contributed by atoms with Crippen LogP contribution in [0.4, 0.5) is 5.69 Å². The number of morpholine rings is 1. The van der Waals surface area contributed by atoms with E-state index >= 15 is 0 Å². The van der Waals surface area contributed by atoms with Crippen molar-refractivity contribution in [1.82, 2.24) is 4.31 Å². The molecule has 3 rings (SSSR count). The van der Waals surface area contributed by atoms with Crippen molar-refractivity contribution in [3.63, 3.8) is 0 Å². The quantitative estimate of drug-likeness (QED) is 0.499. The maximum atomic E-state index is 12.8. The Kier molecular flexibility index (Phi) is 7.80. The van der Waals surface area contributed by atoms with Crippen LogP contribution in [0.2, 0.25) is 5.02 Å². The van der Waals surface area contributed by atoms with Crippen LogP contribution in [0.5, 0.6) is 0 Å². The van der Waals surface area contributed by atoms with Crippen molar-refractivity contribution in [2.24, 2.45) is 0 Å². The van der Waals surface area contributed by atoms with Crippen molar-refractivity contribution in [3.8, 4) is 0 Å². The average molecular weight is 465 g/mol. The van der Waals surface area contributed by atoms with E-state index in [0.717, 1.165) is 5.56 Å². The standard InChI is InChI=1S/C21H21ClN2O6S/c22-18-8-7-17(31(27,28)24-10-12-29-13-11-24)14-19(18)23-20(25)15-30-21(26)9-6-16-4-2-1-3-5-16/h1-9,14H,10-13,15H2,(H,23,25)/b9-6+. The smallest absolute Gasteiger partial charge is 0.331 e. The Morgan fingerprint density at radius 1 is 1.13 bits per heavy atom. The summed E-state index contributed by atoms with van der Waals surface area (Å²) < 4.78 is 37.0. The van der Waals surface area contributed by atoms with Crippen molar-refractivity contribution in [2.75, 3.05) is 38.2 Å². The van der Waals surface area contributed by atoms with Gasteiger partial charge < -0.3 is 14.8 Å². The molecule has 0 aromatic heterocycles. The van der Waals surface area contributed by atoms with Gasteiger partial charge in [-0.25, -0.2) is 13.2 Å². The van der Waals surface area contributed by atoms with Crippen molar-refractivity contribution < 1.29 is 27.5 Å². The van der Waals surface area contributed by atoms with E-state index in [4.69, 9.17) is 21.1 Å². The second-order valence-corrected chi connectivity index (χ2v) is 8.90. The van der Waals surface area contributed by atoms with Gasteiger partial charge in [0, 0.05) is 19.2 Å². The predicted octanol–water partition coefficient (Wildman–Crippen LogP) is 2.56. The lowest BCUT2D eigenvalue weighted by Gasteiger charge is -2.26. The molecule has 0 bridgehead atoms. The lowest BCUT2D eigenvalue weighted by Crippen LogP contribution is -2.40. The Labute approximate surface area is 185 Å². The Hall–Kier alpha value is -2.72. The van der Waals surface area contributed by atoms with Crippen LogP contribution in [0.15, 0.2) is 59.5 Å². The SMILES string of the molecule is O=C(COC(=O)/C=C/c1ccccc1)Nc1cc(S(=O)(=O)N2CCOCC2)ccc1Cl. The number of nitrogens with zero attached hydrogens (tertiary/aromatic N) is 1. The summed E-state index contributed by atoms with van der Waals surface area (Å²) >= 11 is 6.09. The topological polar surface area (TPSA) is 102 Å². The van der Waals surface area contributed by atoms with Gasteiger partial charge in [-0.05, 0) is 29.8 Å². The molecule has 2 aromatic rings. The summed E-state index contributed by atoms with van der Waals surface area (Å²) in [5.74, 6) is -1.34. The average Bonchev–Trinajstić information content (AvgIpc) is 2.79. The number of carbonyl (C=O) groups is 2. The molecule has 2 aromatic carbocycles. The molecule has 8 nitrogen and oxygen atoms in total. The molecule has 1 fully saturated rings. The monoisotopic (exact) mass is 464 g/mol. The largest absolute Gasteiger partial charge is 0.452 e. The fraction of sp³-hybridized carbons (Fsp3) is 0.238. The van der Waals surface area contributed by atoms with Gasteiger partial charge in [0.25, 0.3) is 5.91 Å². The van der Waals surface area contributed by atoms with Crippen LogP contribution in [-0.4, -0.2) is 57.5 Å². The lowest BCUT2D eigenvalue weighted by atomic mass is 10.2. The van der Waals surface area contributed by atoms with E-state index in [9.17, 15) is 18.0 Å². The Morgan fingerprint density at radius 3 is 2.55 bits per heavy atom. The molecule has 31 heavy (non-hydrogen) atoms. The van der Waals surface area contributed by atoms with Gasteiger partial charge in [-0.1, -0.05) is 41.9 Å². The molecule has 0 atom stereocenters. The zero-order chi connectivity index (χ0) is 22.3. The number of nitrogens with one attached hydrogen (secondary N) is 1. The lowest BCUT2D eigenvalue weighted by molar-refractivity contribution is -0.142. The zero-order valence-corrected chi connectivity index (χ0v) is 18.1. The number of carbonyl (C=O) groups excluding carboxylic acids is 2. The van der Waals surface area contributed by atoms with Gasteiger partial charge in [-0.2, -0.15) is 4.31 Å². The molecule has 10 heteroatoms. The molecule has 0 radical (unpaired) electrons. The van der Waals surface area contributed by atoms with Gasteiger partial charge >= 0.3 is 5.97 Å². The van der Waals surface area contributed by atoms with Gasteiger partial charge in [0.1, 0.15) is 0 Å². The van der Waals surface area contributed by atoms with Crippen LogP contribution >= 0.6 is 11.6 Å². The highest BCUT2D eigenvalue weighted by atomic mass is 35.5. The maximum absolute atomic E-state index is 12.8.